The van der Waals surface area contributed by atoms with E-state index < -0.39 is 41.2 Å². The fraction of sp³-hybridized carbons (Fsp3) is 0.429. The molecule has 1 aliphatic rings. The molecular weight excluding hydrogens is 320 g/mol. The summed E-state index contributed by atoms with van der Waals surface area (Å²) in [5.41, 5.74) is -1.87. The van der Waals surface area contributed by atoms with Crippen molar-refractivity contribution in [1.82, 2.24) is 4.90 Å². The van der Waals surface area contributed by atoms with E-state index in [4.69, 9.17) is 0 Å². The van der Waals surface area contributed by atoms with Gasteiger partial charge < -0.3 is 15.3 Å². The molecule has 1 unspecified atom stereocenters. The first-order valence-electron chi connectivity index (χ1n) is 6.83. The summed E-state index contributed by atoms with van der Waals surface area (Å²) in [6.45, 7) is 0.200. The highest BCUT2D eigenvalue weighted by atomic mass is 19.4. The van der Waals surface area contributed by atoms with Crippen LogP contribution in [0.1, 0.15) is 18.4 Å². The van der Waals surface area contributed by atoms with E-state index in [1.165, 1.54) is 0 Å². The number of β-amino-alcohol motifs (C(OH)–C–C–N with tert-alkyl or cyclic N) is 1. The molecular formula is C14H14F4N2O3. The molecule has 1 aliphatic heterocycles. The summed E-state index contributed by atoms with van der Waals surface area (Å²) >= 11 is 0. The first kappa shape index (κ1) is 17.2. The van der Waals surface area contributed by atoms with Gasteiger partial charge in [-0.05, 0) is 31.0 Å². The molecule has 1 aromatic rings. The van der Waals surface area contributed by atoms with Gasteiger partial charge in [-0.25, -0.2) is 4.39 Å². The van der Waals surface area contributed by atoms with Crippen molar-refractivity contribution in [3.05, 3.63) is 29.6 Å². The van der Waals surface area contributed by atoms with Crippen molar-refractivity contribution >= 4 is 17.5 Å². The molecule has 2 amide bonds. The summed E-state index contributed by atoms with van der Waals surface area (Å²) in [7, 11) is 0. The number of aliphatic hydroxyl groups is 1. The van der Waals surface area contributed by atoms with Crippen LogP contribution in [0, 0.1) is 5.82 Å². The Hall–Kier alpha value is -2.16. The summed E-state index contributed by atoms with van der Waals surface area (Å²) in [5, 5.41) is 11.3. The fourth-order valence-corrected chi connectivity index (χ4v) is 2.26. The first-order chi connectivity index (χ1) is 10.7. The lowest BCUT2D eigenvalue weighted by Crippen LogP contribution is -2.46. The van der Waals surface area contributed by atoms with Gasteiger partial charge >= 0.3 is 18.0 Å². The van der Waals surface area contributed by atoms with Crippen LogP contribution in [0.2, 0.25) is 0 Å². The third kappa shape index (κ3) is 4.19. The van der Waals surface area contributed by atoms with Gasteiger partial charge in [-0.15, -0.1) is 0 Å². The van der Waals surface area contributed by atoms with Gasteiger partial charge in [0.25, 0.3) is 0 Å². The van der Waals surface area contributed by atoms with Crippen LogP contribution >= 0.6 is 0 Å². The predicted molar refractivity (Wildman–Crippen MR) is 71.9 cm³/mol. The highest BCUT2D eigenvalue weighted by molar-refractivity contribution is 6.39. The van der Waals surface area contributed by atoms with E-state index in [-0.39, 0.29) is 13.1 Å². The number of carbonyl (C=O) groups is 2. The van der Waals surface area contributed by atoms with Crippen LogP contribution in [0.15, 0.2) is 18.2 Å². The standard InChI is InChI=1S/C14H14F4N2O3/c15-10-4-3-8(14(16,17)18)6-11(10)19-12(22)13(23)20-5-1-2-9(21)7-20/h3-4,6,9,21H,1-2,5,7H2,(H,19,22). The molecule has 1 atom stereocenters. The number of nitrogens with one attached hydrogen (secondary N) is 1. The van der Waals surface area contributed by atoms with Crippen molar-refractivity contribution in [1.29, 1.82) is 0 Å². The number of hydrogen-bond acceptors (Lipinski definition) is 3. The van der Waals surface area contributed by atoms with Crippen LogP contribution in [0.25, 0.3) is 0 Å². The molecule has 1 fully saturated rings. The topological polar surface area (TPSA) is 69.6 Å². The van der Waals surface area contributed by atoms with Crippen molar-refractivity contribution in [2.75, 3.05) is 18.4 Å². The van der Waals surface area contributed by atoms with E-state index in [0.29, 0.717) is 31.0 Å². The SMILES string of the molecule is O=C(Nc1cc(C(F)(F)F)ccc1F)C(=O)N1CCCC(O)C1. The quantitative estimate of drug-likeness (QED) is 0.607. The molecule has 0 spiro atoms. The Kier molecular flexibility index (Phi) is 4.88. The van der Waals surface area contributed by atoms with Gasteiger partial charge in [0.05, 0.1) is 17.4 Å². The van der Waals surface area contributed by atoms with Crippen molar-refractivity contribution in [3.8, 4) is 0 Å². The zero-order chi connectivity index (χ0) is 17.2. The number of piperidine rings is 1. The Morgan fingerprint density at radius 2 is 2.00 bits per heavy atom. The normalized spacial score (nSPS) is 18.7. The second kappa shape index (κ2) is 6.53. The van der Waals surface area contributed by atoms with E-state index in [2.05, 4.69) is 0 Å². The summed E-state index contributed by atoms with van der Waals surface area (Å²) in [5.74, 6) is -3.37. The maximum Gasteiger partial charge on any atom is 0.416 e. The lowest BCUT2D eigenvalue weighted by Gasteiger charge is -2.29. The van der Waals surface area contributed by atoms with E-state index in [1.54, 1.807) is 0 Å². The van der Waals surface area contributed by atoms with Gasteiger partial charge in [0.15, 0.2) is 0 Å². The molecule has 1 saturated heterocycles. The number of nitrogens with zero attached hydrogens (tertiary/aromatic N) is 1. The number of anilines is 1. The second-order valence-corrected chi connectivity index (χ2v) is 5.19. The largest absolute Gasteiger partial charge is 0.416 e. The molecule has 0 radical (unpaired) electrons. The van der Waals surface area contributed by atoms with Gasteiger partial charge in [0, 0.05) is 13.1 Å². The summed E-state index contributed by atoms with van der Waals surface area (Å²) in [6, 6.07) is 1.52. The van der Waals surface area contributed by atoms with Crippen molar-refractivity contribution in [2.45, 2.75) is 25.1 Å². The number of aliphatic hydroxyl groups excluding tert-OH is 1. The maximum absolute atomic E-state index is 13.5. The van der Waals surface area contributed by atoms with Crippen LogP contribution in [0.5, 0.6) is 0 Å². The van der Waals surface area contributed by atoms with Crippen LogP contribution in [0.4, 0.5) is 23.2 Å². The molecule has 5 nitrogen and oxygen atoms in total. The Balaban J connectivity index is 2.12. The molecule has 0 aliphatic carbocycles. The van der Waals surface area contributed by atoms with Crippen LogP contribution in [-0.4, -0.2) is 41.0 Å². The molecule has 0 aromatic heterocycles. The average molecular weight is 334 g/mol. The number of likely N-dealkylation sites (tertiary alicyclic amines) is 1. The number of carbonyl (C=O) groups excluding carboxylic acids is 2. The number of hydrogen-bond donors (Lipinski definition) is 2. The molecule has 2 N–H and O–H groups in total. The lowest BCUT2D eigenvalue weighted by atomic mass is 10.1. The van der Waals surface area contributed by atoms with Gasteiger partial charge in [0.1, 0.15) is 5.82 Å². The number of amides is 2. The number of rotatable bonds is 1. The monoisotopic (exact) mass is 334 g/mol. The first-order valence-corrected chi connectivity index (χ1v) is 6.83. The molecule has 9 heteroatoms. The third-order valence-corrected chi connectivity index (χ3v) is 3.42. The number of halogens is 4. The molecule has 2 rings (SSSR count). The van der Waals surface area contributed by atoms with Gasteiger partial charge in [0.2, 0.25) is 0 Å². The highest BCUT2D eigenvalue weighted by Gasteiger charge is 2.32. The number of alkyl halides is 3. The second-order valence-electron chi connectivity index (χ2n) is 5.19. The van der Waals surface area contributed by atoms with Gasteiger partial charge in [-0.1, -0.05) is 0 Å². The smallest absolute Gasteiger partial charge is 0.391 e. The third-order valence-electron chi connectivity index (χ3n) is 3.42. The highest BCUT2D eigenvalue weighted by Crippen LogP contribution is 2.31. The summed E-state index contributed by atoms with van der Waals surface area (Å²) < 4.78 is 51.3. The average Bonchev–Trinajstić information content (AvgIpc) is 2.47. The summed E-state index contributed by atoms with van der Waals surface area (Å²) in [4.78, 5) is 24.8. The molecule has 1 heterocycles. The Morgan fingerprint density at radius 1 is 1.30 bits per heavy atom. The predicted octanol–water partition coefficient (Wildman–Crippen LogP) is 1.77. The number of benzene rings is 1. The Bertz CT molecular complexity index is 619. The van der Waals surface area contributed by atoms with Crippen molar-refractivity contribution < 1.29 is 32.3 Å². The fourth-order valence-electron chi connectivity index (χ4n) is 2.26. The molecule has 126 valence electrons. The van der Waals surface area contributed by atoms with Crippen LogP contribution in [0.3, 0.4) is 0 Å². The summed E-state index contributed by atoms with van der Waals surface area (Å²) in [6.07, 6.45) is -4.47. The minimum atomic E-state index is -4.70. The molecule has 23 heavy (non-hydrogen) atoms. The van der Waals surface area contributed by atoms with Gasteiger partial charge in [-0.3, -0.25) is 9.59 Å². The van der Waals surface area contributed by atoms with E-state index in [0.717, 1.165) is 4.90 Å². The Morgan fingerprint density at radius 3 is 2.61 bits per heavy atom. The molecule has 0 bridgehead atoms. The minimum Gasteiger partial charge on any atom is -0.391 e. The molecule has 1 aromatic carbocycles. The van der Waals surface area contributed by atoms with Crippen LogP contribution in [-0.2, 0) is 15.8 Å². The Labute approximate surface area is 128 Å². The van der Waals surface area contributed by atoms with Crippen molar-refractivity contribution in [3.63, 3.8) is 0 Å². The van der Waals surface area contributed by atoms with Crippen LogP contribution < -0.4 is 5.32 Å². The zero-order valence-electron chi connectivity index (χ0n) is 11.9. The van der Waals surface area contributed by atoms with E-state index in [1.807, 2.05) is 5.32 Å². The van der Waals surface area contributed by atoms with Gasteiger partial charge in [-0.2, -0.15) is 13.2 Å². The van der Waals surface area contributed by atoms with Crippen molar-refractivity contribution in [2.24, 2.45) is 0 Å². The maximum atomic E-state index is 13.5. The molecule has 0 saturated carbocycles. The van der Waals surface area contributed by atoms with E-state index >= 15 is 0 Å². The lowest BCUT2D eigenvalue weighted by molar-refractivity contribution is -0.145. The minimum absolute atomic E-state index is 0.0443. The zero-order valence-corrected chi connectivity index (χ0v) is 11.9. The van der Waals surface area contributed by atoms with E-state index in [9.17, 15) is 32.3 Å².